The van der Waals surface area contributed by atoms with Crippen LogP contribution in [0.15, 0.2) is 18.7 Å². The van der Waals surface area contributed by atoms with Crippen molar-refractivity contribution >= 4 is 0 Å². The summed E-state index contributed by atoms with van der Waals surface area (Å²) in [5.41, 5.74) is 1.00. The van der Waals surface area contributed by atoms with Gasteiger partial charge in [-0.25, -0.2) is 9.13 Å². The van der Waals surface area contributed by atoms with Gasteiger partial charge in [0.15, 0.2) is 0 Å². The van der Waals surface area contributed by atoms with Gasteiger partial charge in [0.1, 0.15) is 23.5 Å². The van der Waals surface area contributed by atoms with E-state index in [1.54, 1.807) is 38.5 Å². The lowest BCUT2D eigenvalue weighted by Gasteiger charge is -2.55. The van der Waals surface area contributed by atoms with Gasteiger partial charge in [0.05, 0.1) is 0 Å². The predicted molar refractivity (Wildman–Crippen MR) is 96.9 cm³/mol. The summed E-state index contributed by atoms with van der Waals surface area (Å²) in [4.78, 5) is 0. The second kappa shape index (κ2) is 5.51. The quantitative estimate of drug-likeness (QED) is 0.465. The van der Waals surface area contributed by atoms with Gasteiger partial charge in [-0.05, 0) is 113 Å². The molecule has 0 N–H and O–H groups in total. The summed E-state index contributed by atoms with van der Waals surface area (Å²) < 4.78 is 5.46. The van der Waals surface area contributed by atoms with Crippen LogP contribution in [0.25, 0.3) is 0 Å². The molecule has 8 aliphatic carbocycles. The Bertz CT molecular complexity index is 590. The van der Waals surface area contributed by atoms with E-state index in [9.17, 15) is 0 Å². The number of rotatable bonds is 2. The Morgan fingerprint density at radius 2 is 1.08 bits per heavy atom. The highest BCUT2D eigenvalue weighted by Crippen LogP contribution is 2.59. The summed E-state index contributed by atoms with van der Waals surface area (Å²) in [7, 11) is 0. The SMILES string of the molecule is [I-].c1c[n+](C23CC4CC(CC(C4)C2)C3)cn1C12CC3CC(CC(C3)C1)C2. The Kier molecular flexibility index (Phi) is 3.57. The maximum Gasteiger partial charge on any atom is 0.244 e. The third-order valence-corrected chi connectivity index (χ3v) is 9.74. The molecule has 1 heterocycles. The summed E-state index contributed by atoms with van der Waals surface area (Å²) in [6, 6.07) is 0. The molecule has 0 atom stereocenters. The van der Waals surface area contributed by atoms with Crippen LogP contribution in [0.4, 0.5) is 0 Å². The van der Waals surface area contributed by atoms with Crippen molar-refractivity contribution in [3.8, 4) is 0 Å². The molecule has 0 aromatic carbocycles. The first-order valence-corrected chi connectivity index (χ1v) is 11.3. The molecule has 0 radical (unpaired) electrons. The van der Waals surface area contributed by atoms with Crippen molar-refractivity contribution in [2.45, 2.75) is 88.1 Å². The summed E-state index contributed by atoms with van der Waals surface area (Å²) in [5.74, 6) is 6.26. The second-order valence-electron chi connectivity index (χ2n) is 11.5. The summed E-state index contributed by atoms with van der Waals surface area (Å²) in [6.07, 6.45) is 25.8. The normalized spacial score (nSPS) is 53.1. The highest BCUT2D eigenvalue weighted by atomic mass is 127. The average molecular weight is 464 g/mol. The van der Waals surface area contributed by atoms with E-state index in [0.717, 1.165) is 35.5 Å². The fraction of sp³-hybridized carbons (Fsp3) is 0.870. The van der Waals surface area contributed by atoms with E-state index in [1.165, 1.54) is 38.5 Å². The molecule has 0 unspecified atom stereocenters. The minimum absolute atomic E-state index is 0. The molecule has 9 rings (SSSR count). The van der Waals surface area contributed by atoms with Crippen molar-refractivity contribution in [3.63, 3.8) is 0 Å². The molecule has 8 aliphatic rings. The van der Waals surface area contributed by atoms with E-state index in [2.05, 4.69) is 27.9 Å². The first-order valence-electron chi connectivity index (χ1n) is 11.3. The van der Waals surface area contributed by atoms with Crippen molar-refractivity contribution in [1.29, 1.82) is 0 Å². The Hall–Kier alpha value is -0.0600. The lowest BCUT2D eigenvalue weighted by Crippen LogP contribution is -3.00. The van der Waals surface area contributed by atoms with Crippen molar-refractivity contribution in [1.82, 2.24) is 4.57 Å². The highest BCUT2D eigenvalue weighted by Gasteiger charge is 2.57. The fourth-order valence-corrected chi connectivity index (χ4v) is 9.68. The van der Waals surface area contributed by atoms with E-state index in [0.29, 0.717) is 11.1 Å². The van der Waals surface area contributed by atoms with Gasteiger partial charge in [-0.1, -0.05) is 0 Å². The first-order chi connectivity index (χ1) is 12.2. The van der Waals surface area contributed by atoms with Gasteiger partial charge in [0, 0.05) is 0 Å². The molecule has 8 bridgehead atoms. The topological polar surface area (TPSA) is 8.81 Å². The monoisotopic (exact) mass is 464 g/mol. The third-order valence-electron chi connectivity index (χ3n) is 9.74. The van der Waals surface area contributed by atoms with Crippen LogP contribution in [0, 0.1) is 35.5 Å². The second-order valence-corrected chi connectivity index (χ2v) is 11.5. The van der Waals surface area contributed by atoms with Gasteiger partial charge in [-0.15, -0.1) is 0 Å². The van der Waals surface area contributed by atoms with Crippen LogP contribution < -0.4 is 28.5 Å². The number of hydrogen-bond donors (Lipinski definition) is 0. The van der Waals surface area contributed by atoms with Gasteiger partial charge in [-0.3, -0.25) is 0 Å². The summed E-state index contributed by atoms with van der Waals surface area (Å²) in [5, 5.41) is 0. The van der Waals surface area contributed by atoms with E-state index in [-0.39, 0.29) is 24.0 Å². The molecule has 1 aromatic heterocycles. The Labute approximate surface area is 175 Å². The molecule has 0 saturated heterocycles. The summed E-state index contributed by atoms with van der Waals surface area (Å²) in [6.45, 7) is 0. The van der Waals surface area contributed by atoms with E-state index in [1.807, 2.05) is 0 Å². The fourth-order valence-electron chi connectivity index (χ4n) is 9.68. The van der Waals surface area contributed by atoms with Crippen LogP contribution >= 0.6 is 0 Å². The van der Waals surface area contributed by atoms with Crippen LogP contribution in [-0.4, -0.2) is 4.57 Å². The molecule has 8 saturated carbocycles. The van der Waals surface area contributed by atoms with Crippen LogP contribution in [0.3, 0.4) is 0 Å². The molecule has 0 amide bonds. The molecule has 0 spiro atoms. The lowest BCUT2D eigenvalue weighted by atomic mass is 9.53. The first kappa shape index (κ1) is 16.9. The molecular weight excluding hydrogens is 431 g/mol. The van der Waals surface area contributed by atoms with Crippen molar-refractivity contribution < 1.29 is 28.5 Å². The van der Waals surface area contributed by atoms with Crippen molar-refractivity contribution in [2.75, 3.05) is 0 Å². The molecule has 0 aliphatic heterocycles. The largest absolute Gasteiger partial charge is 1.00 e. The van der Waals surface area contributed by atoms with Gasteiger partial charge in [0.2, 0.25) is 6.33 Å². The Morgan fingerprint density at radius 3 is 1.54 bits per heavy atom. The minimum atomic E-state index is 0. The van der Waals surface area contributed by atoms with Crippen molar-refractivity contribution in [2.24, 2.45) is 35.5 Å². The number of aromatic nitrogens is 2. The van der Waals surface area contributed by atoms with E-state index >= 15 is 0 Å². The maximum absolute atomic E-state index is 2.73. The van der Waals surface area contributed by atoms with Gasteiger partial charge in [-0.2, -0.15) is 0 Å². The van der Waals surface area contributed by atoms with Gasteiger partial charge in [0.25, 0.3) is 0 Å². The highest BCUT2D eigenvalue weighted by molar-refractivity contribution is 5.06. The lowest BCUT2D eigenvalue weighted by molar-refractivity contribution is -0.776. The molecular formula is C23H33IN2. The number of nitrogens with zero attached hydrogens (tertiary/aromatic N) is 2. The zero-order chi connectivity index (χ0) is 16.2. The van der Waals surface area contributed by atoms with Crippen molar-refractivity contribution in [3.05, 3.63) is 18.7 Å². The zero-order valence-corrected chi connectivity index (χ0v) is 18.1. The number of halogens is 1. The smallest absolute Gasteiger partial charge is 0.244 e. The van der Waals surface area contributed by atoms with Gasteiger partial charge < -0.3 is 24.0 Å². The van der Waals surface area contributed by atoms with Gasteiger partial charge >= 0.3 is 0 Å². The maximum atomic E-state index is 2.73. The average Bonchev–Trinajstić information content (AvgIpc) is 3.04. The minimum Gasteiger partial charge on any atom is -1.00 e. The standard InChI is InChI=1S/C23H33N2.HI/c1-2-25(23-12-19-6-20(13-23)8-21(7-19)14-23)15-24(1)22-9-16-3-17(10-22)5-18(4-16)11-22;/h1-2,15-21H,3-14H2;1H/q+1;/p-1. The summed E-state index contributed by atoms with van der Waals surface area (Å²) >= 11 is 0. The van der Waals surface area contributed by atoms with E-state index in [4.69, 9.17) is 0 Å². The Balaban J connectivity index is 0.00000137. The van der Waals surface area contributed by atoms with Crippen LogP contribution in [0.5, 0.6) is 0 Å². The third kappa shape index (κ3) is 2.24. The molecule has 142 valence electrons. The van der Waals surface area contributed by atoms with E-state index < -0.39 is 0 Å². The van der Waals surface area contributed by atoms with Crippen LogP contribution in [0.2, 0.25) is 0 Å². The van der Waals surface area contributed by atoms with Crippen LogP contribution in [-0.2, 0) is 11.1 Å². The zero-order valence-electron chi connectivity index (χ0n) is 16.0. The predicted octanol–water partition coefficient (Wildman–Crippen LogP) is 1.63. The molecule has 8 fully saturated rings. The molecule has 2 nitrogen and oxygen atoms in total. The number of hydrogen-bond acceptors (Lipinski definition) is 0. The molecule has 3 heteroatoms. The molecule has 26 heavy (non-hydrogen) atoms. The Morgan fingerprint density at radius 1 is 0.654 bits per heavy atom. The van der Waals surface area contributed by atoms with Crippen LogP contribution in [0.1, 0.15) is 77.0 Å². The molecule has 1 aromatic rings. The number of imidazole rings is 1.